The minimum absolute atomic E-state index is 0.0635. The van der Waals surface area contributed by atoms with Gasteiger partial charge in [0, 0.05) is 49.0 Å². The third-order valence-electron chi connectivity index (χ3n) is 5.55. The number of methoxy groups -OCH3 is 1. The molecule has 8 nitrogen and oxygen atoms in total. The molecule has 1 amide bonds. The van der Waals surface area contributed by atoms with E-state index in [2.05, 4.69) is 37.0 Å². The Kier molecular flexibility index (Phi) is 6.08. The molecule has 1 aliphatic heterocycles. The third kappa shape index (κ3) is 4.64. The number of rotatable bonds is 6. The van der Waals surface area contributed by atoms with E-state index in [0.29, 0.717) is 31.3 Å². The summed E-state index contributed by atoms with van der Waals surface area (Å²) in [6, 6.07) is 7.72. The van der Waals surface area contributed by atoms with Gasteiger partial charge >= 0.3 is 0 Å². The summed E-state index contributed by atoms with van der Waals surface area (Å²) in [5.74, 6) is 1.22. The molecular formula is C23H29N5O3. The van der Waals surface area contributed by atoms with E-state index in [1.165, 1.54) is 0 Å². The highest BCUT2D eigenvalue weighted by Gasteiger charge is 2.19. The molecule has 164 valence electrons. The average Bonchev–Trinajstić information content (AvgIpc) is 3.08. The number of hydrogen-bond acceptors (Lipinski definition) is 6. The summed E-state index contributed by atoms with van der Waals surface area (Å²) >= 11 is 0. The number of nitrogens with one attached hydrogen (secondary N) is 1. The smallest absolute Gasteiger partial charge is 0.270 e. The maximum Gasteiger partial charge on any atom is 0.270 e. The largest absolute Gasteiger partial charge is 0.497 e. The number of benzene rings is 1. The topological polar surface area (TPSA) is 81.5 Å². The third-order valence-corrected chi connectivity index (χ3v) is 5.55. The SMILES string of the molecule is COc1ccc2c(c1)c(C[C@@H](C)NC(=O)c1cc(C)nc(N3CCOCC3)n1)cn2C. The molecule has 1 aromatic carbocycles. The zero-order valence-electron chi connectivity index (χ0n) is 18.5. The van der Waals surface area contributed by atoms with Gasteiger partial charge in [-0.15, -0.1) is 0 Å². The lowest BCUT2D eigenvalue weighted by atomic mass is 10.1. The predicted octanol–water partition coefficient (Wildman–Crippen LogP) is 2.48. The van der Waals surface area contributed by atoms with Crippen molar-refractivity contribution in [3.8, 4) is 5.75 Å². The predicted molar refractivity (Wildman–Crippen MR) is 120 cm³/mol. The van der Waals surface area contributed by atoms with Crippen molar-refractivity contribution >= 4 is 22.8 Å². The van der Waals surface area contributed by atoms with Crippen LogP contribution in [0.2, 0.25) is 0 Å². The number of aromatic nitrogens is 3. The first-order valence-electron chi connectivity index (χ1n) is 10.6. The van der Waals surface area contributed by atoms with Crippen LogP contribution in [0.3, 0.4) is 0 Å². The Labute approximate surface area is 182 Å². The number of hydrogen-bond donors (Lipinski definition) is 1. The van der Waals surface area contributed by atoms with Crippen LogP contribution in [0, 0.1) is 6.92 Å². The maximum atomic E-state index is 12.9. The normalized spacial score (nSPS) is 15.2. The molecule has 0 aliphatic carbocycles. The van der Waals surface area contributed by atoms with Crippen LogP contribution in [-0.4, -0.2) is 59.9 Å². The fourth-order valence-electron chi connectivity index (χ4n) is 3.99. The van der Waals surface area contributed by atoms with Gasteiger partial charge in [-0.1, -0.05) is 0 Å². The molecule has 1 atom stereocenters. The number of aryl methyl sites for hydroxylation is 2. The number of carbonyl (C=O) groups is 1. The van der Waals surface area contributed by atoms with E-state index in [9.17, 15) is 4.79 Å². The van der Waals surface area contributed by atoms with Crippen LogP contribution in [-0.2, 0) is 18.2 Å². The van der Waals surface area contributed by atoms with E-state index in [1.807, 2.05) is 33.0 Å². The highest BCUT2D eigenvalue weighted by molar-refractivity contribution is 5.93. The Balaban J connectivity index is 1.49. The van der Waals surface area contributed by atoms with Gasteiger partial charge in [-0.2, -0.15) is 0 Å². The molecule has 31 heavy (non-hydrogen) atoms. The fourth-order valence-corrected chi connectivity index (χ4v) is 3.99. The lowest BCUT2D eigenvalue weighted by Gasteiger charge is -2.27. The Morgan fingerprint density at radius 2 is 2.03 bits per heavy atom. The molecule has 0 radical (unpaired) electrons. The van der Waals surface area contributed by atoms with Crippen molar-refractivity contribution in [1.82, 2.24) is 19.9 Å². The molecule has 1 saturated heterocycles. The van der Waals surface area contributed by atoms with Gasteiger partial charge in [0.15, 0.2) is 0 Å². The molecule has 1 aliphatic rings. The van der Waals surface area contributed by atoms with E-state index in [-0.39, 0.29) is 11.9 Å². The maximum absolute atomic E-state index is 12.9. The molecule has 2 aromatic heterocycles. The summed E-state index contributed by atoms with van der Waals surface area (Å²) < 4.78 is 12.9. The minimum Gasteiger partial charge on any atom is -0.497 e. The fraction of sp³-hybridized carbons (Fsp3) is 0.435. The number of morpholine rings is 1. The van der Waals surface area contributed by atoms with Crippen molar-refractivity contribution in [3.05, 3.63) is 47.4 Å². The monoisotopic (exact) mass is 423 g/mol. The summed E-state index contributed by atoms with van der Waals surface area (Å²) in [5.41, 5.74) is 3.46. The second-order valence-corrected chi connectivity index (χ2v) is 8.02. The van der Waals surface area contributed by atoms with Crippen LogP contribution >= 0.6 is 0 Å². The molecule has 1 N–H and O–H groups in total. The van der Waals surface area contributed by atoms with E-state index in [1.54, 1.807) is 13.2 Å². The van der Waals surface area contributed by atoms with Gasteiger partial charge < -0.3 is 24.3 Å². The van der Waals surface area contributed by atoms with Gasteiger partial charge in [0.2, 0.25) is 5.95 Å². The number of fused-ring (bicyclic) bond motifs is 1. The average molecular weight is 424 g/mol. The quantitative estimate of drug-likeness (QED) is 0.656. The molecule has 0 unspecified atom stereocenters. The van der Waals surface area contributed by atoms with Crippen LogP contribution in [0.4, 0.5) is 5.95 Å². The van der Waals surface area contributed by atoms with Crippen LogP contribution in [0.1, 0.15) is 28.7 Å². The van der Waals surface area contributed by atoms with Crippen molar-refractivity contribution in [3.63, 3.8) is 0 Å². The van der Waals surface area contributed by atoms with Crippen molar-refractivity contribution in [1.29, 1.82) is 0 Å². The second-order valence-electron chi connectivity index (χ2n) is 8.02. The van der Waals surface area contributed by atoms with Gasteiger partial charge in [-0.25, -0.2) is 9.97 Å². The Morgan fingerprint density at radius 1 is 1.26 bits per heavy atom. The molecule has 3 heterocycles. The Morgan fingerprint density at radius 3 is 2.77 bits per heavy atom. The molecule has 4 rings (SSSR count). The number of ether oxygens (including phenoxy) is 2. The zero-order valence-corrected chi connectivity index (χ0v) is 18.5. The molecule has 0 bridgehead atoms. The van der Waals surface area contributed by atoms with Gasteiger partial charge in [-0.05, 0) is 50.1 Å². The van der Waals surface area contributed by atoms with E-state index in [4.69, 9.17) is 9.47 Å². The lowest BCUT2D eigenvalue weighted by Crippen LogP contribution is -2.38. The molecular weight excluding hydrogens is 394 g/mol. The Bertz CT molecular complexity index is 1090. The van der Waals surface area contributed by atoms with Gasteiger partial charge in [0.25, 0.3) is 5.91 Å². The number of amides is 1. The van der Waals surface area contributed by atoms with Crippen LogP contribution in [0.25, 0.3) is 10.9 Å². The molecule has 0 spiro atoms. The van der Waals surface area contributed by atoms with E-state index >= 15 is 0 Å². The van der Waals surface area contributed by atoms with E-state index < -0.39 is 0 Å². The summed E-state index contributed by atoms with van der Waals surface area (Å²) in [6.45, 7) is 6.64. The van der Waals surface area contributed by atoms with E-state index in [0.717, 1.165) is 41.0 Å². The summed E-state index contributed by atoms with van der Waals surface area (Å²) in [5, 5.41) is 4.23. The first kappa shape index (κ1) is 21.1. The van der Waals surface area contributed by atoms with Gasteiger partial charge in [0.1, 0.15) is 11.4 Å². The molecule has 8 heteroatoms. The lowest BCUT2D eigenvalue weighted by molar-refractivity contribution is 0.0934. The molecule has 0 saturated carbocycles. The summed E-state index contributed by atoms with van der Waals surface area (Å²) in [4.78, 5) is 24.0. The second kappa shape index (κ2) is 8.93. The number of anilines is 1. The summed E-state index contributed by atoms with van der Waals surface area (Å²) in [7, 11) is 3.69. The first-order valence-corrected chi connectivity index (χ1v) is 10.6. The highest BCUT2D eigenvalue weighted by atomic mass is 16.5. The highest BCUT2D eigenvalue weighted by Crippen LogP contribution is 2.26. The van der Waals surface area contributed by atoms with Crippen molar-refractivity contribution in [2.24, 2.45) is 7.05 Å². The number of carbonyl (C=O) groups excluding carboxylic acids is 1. The van der Waals surface area contributed by atoms with Crippen LogP contribution in [0.5, 0.6) is 5.75 Å². The summed E-state index contributed by atoms with van der Waals surface area (Å²) in [6.07, 6.45) is 2.81. The molecule has 3 aromatic rings. The van der Waals surface area contributed by atoms with Gasteiger partial charge in [-0.3, -0.25) is 4.79 Å². The van der Waals surface area contributed by atoms with Crippen molar-refractivity contribution in [2.75, 3.05) is 38.3 Å². The number of nitrogens with zero attached hydrogens (tertiary/aromatic N) is 4. The molecule has 1 fully saturated rings. The van der Waals surface area contributed by atoms with Crippen molar-refractivity contribution < 1.29 is 14.3 Å². The van der Waals surface area contributed by atoms with Crippen LogP contribution in [0.15, 0.2) is 30.5 Å². The van der Waals surface area contributed by atoms with Gasteiger partial charge in [0.05, 0.1) is 20.3 Å². The van der Waals surface area contributed by atoms with Crippen LogP contribution < -0.4 is 15.0 Å². The Hall–Kier alpha value is -3.13. The standard InChI is InChI=1S/C23H29N5O3/c1-15(11-17-14-27(3)21-6-5-18(30-4)13-19(17)21)24-22(29)20-12-16(2)25-23(26-20)28-7-9-31-10-8-28/h5-6,12-15H,7-11H2,1-4H3,(H,24,29)/t15-/m1/s1. The minimum atomic E-state index is -0.190. The first-order chi connectivity index (χ1) is 14.9. The zero-order chi connectivity index (χ0) is 22.0. The van der Waals surface area contributed by atoms with Crippen molar-refractivity contribution in [2.45, 2.75) is 26.3 Å².